The first-order valence-corrected chi connectivity index (χ1v) is 6.85. The summed E-state index contributed by atoms with van der Waals surface area (Å²) in [7, 11) is 1.82. The molecule has 0 aliphatic rings. The molecule has 0 saturated heterocycles. The zero-order valence-electron chi connectivity index (χ0n) is 12.4. The van der Waals surface area contributed by atoms with Crippen molar-refractivity contribution < 1.29 is 14.3 Å². The molecule has 0 rings (SSSR count). The lowest BCUT2D eigenvalue weighted by Gasteiger charge is -2.27. The first kappa shape index (κ1) is 16.9. The fraction of sp³-hybridized carbons (Fsp3) is 0.857. The number of esters is 1. The standard InChI is InChI=1S/C14H27NO3/c1-6-8-14(17)18-11(3)9-10-13(7-2)15(5)12(4)16/h11,13H,6-10H2,1-5H3. The Morgan fingerprint density at radius 1 is 1.22 bits per heavy atom. The molecule has 0 aliphatic carbocycles. The molecule has 0 aromatic rings. The van der Waals surface area contributed by atoms with Crippen molar-refractivity contribution in [2.75, 3.05) is 7.05 Å². The number of amides is 1. The van der Waals surface area contributed by atoms with Crippen LogP contribution in [0.15, 0.2) is 0 Å². The zero-order valence-corrected chi connectivity index (χ0v) is 12.4. The third-order valence-corrected chi connectivity index (χ3v) is 3.21. The predicted octanol–water partition coefficient (Wildman–Crippen LogP) is 2.76. The molecule has 0 bridgehead atoms. The third-order valence-electron chi connectivity index (χ3n) is 3.21. The van der Waals surface area contributed by atoms with Gasteiger partial charge in [-0.2, -0.15) is 0 Å². The Morgan fingerprint density at radius 3 is 2.28 bits per heavy atom. The summed E-state index contributed by atoms with van der Waals surface area (Å²) in [6, 6.07) is 0.231. The minimum Gasteiger partial charge on any atom is -0.463 e. The number of ether oxygens (including phenoxy) is 1. The Balaban J connectivity index is 4.05. The van der Waals surface area contributed by atoms with E-state index in [1.54, 1.807) is 11.8 Å². The van der Waals surface area contributed by atoms with E-state index < -0.39 is 0 Å². The lowest BCUT2D eigenvalue weighted by atomic mass is 10.0. The predicted molar refractivity (Wildman–Crippen MR) is 72.2 cm³/mol. The normalized spacial score (nSPS) is 13.8. The van der Waals surface area contributed by atoms with Gasteiger partial charge in [0.1, 0.15) is 0 Å². The van der Waals surface area contributed by atoms with Gasteiger partial charge < -0.3 is 9.64 Å². The Labute approximate surface area is 111 Å². The van der Waals surface area contributed by atoms with Crippen molar-refractivity contribution in [1.82, 2.24) is 4.90 Å². The van der Waals surface area contributed by atoms with Crippen molar-refractivity contribution in [3.8, 4) is 0 Å². The van der Waals surface area contributed by atoms with Crippen LogP contribution >= 0.6 is 0 Å². The van der Waals surface area contributed by atoms with E-state index in [1.165, 1.54) is 0 Å². The van der Waals surface area contributed by atoms with Gasteiger partial charge in [0.05, 0.1) is 6.10 Å². The van der Waals surface area contributed by atoms with Crippen molar-refractivity contribution in [2.45, 2.75) is 71.9 Å². The molecule has 0 aromatic carbocycles. The maximum absolute atomic E-state index is 11.3. The molecular formula is C14H27NO3. The molecule has 0 N–H and O–H groups in total. The number of carbonyl (C=O) groups excluding carboxylic acids is 2. The van der Waals surface area contributed by atoms with Gasteiger partial charge in [-0.25, -0.2) is 0 Å². The number of hydrogen-bond donors (Lipinski definition) is 0. The summed E-state index contributed by atoms with van der Waals surface area (Å²) in [5.74, 6) is -0.0459. The number of hydrogen-bond acceptors (Lipinski definition) is 3. The maximum Gasteiger partial charge on any atom is 0.306 e. The van der Waals surface area contributed by atoms with Crippen molar-refractivity contribution in [3.63, 3.8) is 0 Å². The molecule has 0 saturated carbocycles. The smallest absolute Gasteiger partial charge is 0.306 e. The van der Waals surface area contributed by atoms with Crippen LogP contribution in [0.5, 0.6) is 0 Å². The van der Waals surface area contributed by atoms with Gasteiger partial charge >= 0.3 is 5.97 Å². The van der Waals surface area contributed by atoms with Crippen LogP contribution in [0.3, 0.4) is 0 Å². The molecule has 106 valence electrons. The lowest BCUT2D eigenvalue weighted by molar-refractivity contribution is -0.149. The van der Waals surface area contributed by atoms with Gasteiger partial charge in [-0.1, -0.05) is 13.8 Å². The lowest BCUT2D eigenvalue weighted by Crippen LogP contribution is -2.35. The summed E-state index contributed by atoms with van der Waals surface area (Å²) in [6.45, 7) is 7.51. The van der Waals surface area contributed by atoms with Crippen molar-refractivity contribution in [1.29, 1.82) is 0 Å². The van der Waals surface area contributed by atoms with Gasteiger partial charge in [0, 0.05) is 26.4 Å². The van der Waals surface area contributed by atoms with Crippen LogP contribution in [0.2, 0.25) is 0 Å². The Hall–Kier alpha value is -1.06. The van der Waals surface area contributed by atoms with Gasteiger partial charge in [0.15, 0.2) is 0 Å². The molecule has 2 unspecified atom stereocenters. The topological polar surface area (TPSA) is 46.6 Å². The highest BCUT2D eigenvalue weighted by Gasteiger charge is 2.17. The average molecular weight is 257 g/mol. The SMILES string of the molecule is CCCC(=O)OC(C)CCC(CC)N(C)C(C)=O. The van der Waals surface area contributed by atoms with Gasteiger partial charge in [-0.3, -0.25) is 9.59 Å². The van der Waals surface area contributed by atoms with Crippen LogP contribution in [0.4, 0.5) is 0 Å². The highest BCUT2D eigenvalue weighted by atomic mass is 16.5. The molecule has 0 heterocycles. The summed E-state index contributed by atoms with van der Waals surface area (Å²) in [6.07, 6.45) is 3.81. The van der Waals surface area contributed by atoms with E-state index in [2.05, 4.69) is 6.92 Å². The first-order valence-electron chi connectivity index (χ1n) is 6.85. The summed E-state index contributed by atoms with van der Waals surface area (Å²) < 4.78 is 5.28. The molecule has 0 fully saturated rings. The second-order valence-electron chi connectivity index (χ2n) is 4.82. The van der Waals surface area contributed by atoms with Crippen LogP contribution in [-0.2, 0) is 14.3 Å². The Bertz CT molecular complexity index is 266. The number of nitrogens with zero attached hydrogens (tertiary/aromatic N) is 1. The van der Waals surface area contributed by atoms with E-state index in [1.807, 2.05) is 20.9 Å². The Morgan fingerprint density at radius 2 is 1.83 bits per heavy atom. The van der Waals surface area contributed by atoms with Crippen LogP contribution in [0, 0.1) is 0 Å². The molecule has 1 amide bonds. The van der Waals surface area contributed by atoms with Crippen LogP contribution in [0.25, 0.3) is 0 Å². The maximum atomic E-state index is 11.3. The minimum absolute atomic E-state index is 0.0709. The van der Waals surface area contributed by atoms with Crippen LogP contribution in [-0.4, -0.2) is 36.0 Å². The molecule has 0 spiro atoms. The molecule has 2 atom stereocenters. The molecular weight excluding hydrogens is 230 g/mol. The quantitative estimate of drug-likeness (QED) is 0.628. The molecule has 0 aliphatic heterocycles. The van der Waals surface area contributed by atoms with E-state index in [4.69, 9.17) is 4.74 Å². The molecule has 4 heteroatoms. The molecule has 0 radical (unpaired) electrons. The van der Waals surface area contributed by atoms with Crippen molar-refractivity contribution in [2.24, 2.45) is 0 Å². The highest BCUT2D eigenvalue weighted by molar-refractivity contribution is 5.73. The second kappa shape index (κ2) is 8.95. The van der Waals surface area contributed by atoms with Crippen LogP contribution in [0.1, 0.15) is 59.8 Å². The molecule has 0 aromatic heterocycles. The van der Waals surface area contributed by atoms with Crippen molar-refractivity contribution in [3.05, 3.63) is 0 Å². The first-order chi connectivity index (χ1) is 8.42. The van der Waals surface area contributed by atoms with E-state index in [-0.39, 0.29) is 24.0 Å². The van der Waals surface area contributed by atoms with E-state index in [0.717, 1.165) is 25.7 Å². The monoisotopic (exact) mass is 257 g/mol. The zero-order chi connectivity index (χ0) is 14.1. The minimum atomic E-state index is -0.127. The largest absolute Gasteiger partial charge is 0.463 e. The third kappa shape index (κ3) is 6.62. The van der Waals surface area contributed by atoms with Crippen LogP contribution < -0.4 is 0 Å². The van der Waals surface area contributed by atoms with Gasteiger partial charge in [0.25, 0.3) is 0 Å². The number of carbonyl (C=O) groups is 2. The summed E-state index contributed by atoms with van der Waals surface area (Å²) >= 11 is 0. The molecule has 18 heavy (non-hydrogen) atoms. The summed E-state index contributed by atoms with van der Waals surface area (Å²) in [5, 5.41) is 0. The van der Waals surface area contributed by atoms with Gasteiger partial charge in [-0.05, 0) is 32.6 Å². The van der Waals surface area contributed by atoms with E-state index in [9.17, 15) is 9.59 Å². The second-order valence-corrected chi connectivity index (χ2v) is 4.82. The Kier molecular flexibility index (Phi) is 8.42. The van der Waals surface area contributed by atoms with E-state index >= 15 is 0 Å². The summed E-state index contributed by atoms with van der Waals surface area (Å²) in [4.78, 5) is 24.4. The van der Waals surface area contributed by atoms with Gasteiger partial charge in [0.2, 0.25) is 5.91 Å². The average Bonchev–Trinajstić information content (AvgIpc) is 2.29. The fourth-order valence-corrected chi connectivity index (χ4v) is 1.90. The molecule has 4 nitrogen and oxygen atoms in total. The van der Waals surface area contributed by atoms with E-state index in [0.29, 0.717) is 6.42 Å². The fourth-order valence-electron chi connectivity index (χ4n) is 1.90. The highest BCUT2D eigenvalue weighted by Crippen LogP contribution is 2.13. The number of rotatable bonds is 8. The van der Waals surface area contributed by atoms with Crippen molar-refractivity contribution >= 4 is 11.9 Å². The van der Waals surface area contributed by atoms with Gasteiger partial charge in [-0.15, -0.1) is 0 Å². The summed E-state index contributed by atoms with van der Waals surface area (Å²) in [5.41, 5.74) is 0.